The summed E-state index contributed by atoms with van der Waals surface area (Å²) in [5, 5.41) is 0. The average molecular weight is 371 g/mol. The van der Waals surface area contributed by atoms with Gasteiger partial charge >= 0.3 is 0 Å². The molecule has 3 fully saturated rings. The minimum Gasteiger partial charge on any atom is -0.364 e. The molecule has 1 atom stereocenters. The lowest BCUT2D eigenvalue weighted by molar-refractivity contribution is -0.142. The van der Waals surface area contributed by atoms with E-state index in [1.54, 1.807) is 0 Å². The summed E-state index contributed by atoms with van der Waals surface area (Å²) in [6, 6.07) is 1.87. The van der Waals surface area contributed by atoms with Crippen molar-refractivity contribution in [1.82, 2.24) is 14.8 Å². The number of H-pyrrole nitrogens is 1. The van der Waals surface area contributed by atoms with Gasteiger partial charge in [-0.05, 0) is 39.0 Å². The van der Waals surface area contributed by atoms with Crippen LogP contribution in [0.15, 0.2) is 17.1 Å². The number of rotatable bonds is 2. The van der Waals surface area contributed by atoms with Gasteiger partial charge in [-0.15, -0.1) is 0 Å². The summed E-state index contributed by atoms with van der Waals surface area (Å²) in [4.78, 5) is 44.7. The molecule has 1 aliphatic carbocycles. The highest BCUT2D eigenvalue weighted by Crippen LogP contribution is 2.41. The number of aromatic nitrogens is 1. The van der Waals surface area contributed by atoms with E-state index in [9.17, 15) is 14.4 Å². The van der Waals surface area contributed by atoms with Crippen LogP contribution < -0.4 is 5.43 Å². The minimum absolute atomic E-state index is 0.0120. The number of amides is 2. The molecule has 1 N–H and O–H groups in total. The van der Waals surface area contributed by atoms with Gasteiger partial charge in [0.15, 0.2) is 5.43 Å². The molecular formula is C21H29N3O3. The van der Waals surface area contributed by atoms with E-state index < -0.39 is 0 Å². The number of carbonyl (C=O) groups excluding carboxylic acids is 2. The topological polar surface area (TPSA) is 73.5 Å². The lowest BCUT2D eigenvalue weighted by Gasteiger charge is -2.49. The number of pyridine rings is 1. The zero-order valence-corrected chi connectivity index (χ0v) is 16.1. The van der Waals surface area contributed by atoms with Gasteiger partial charge < -0.3 is 14.8 Å². The third-order valence-electron chi connectivity index (χ3n) is 6.70. The Labute approximate surface area is 159 Å². The molecule has 2 amide bonds. The van der Waals surface area contributed by atoms with E-state index in [1.165, 1.54) is 25.1 Å². The molecule has 3 heterocycles. The highest BCUT2D eigenvalue weighted by atomic mass is 16.2. The number of aryl methyl sites for hydroxylation is 1. The van der Waals surface area contributed by atoms with Crippen molar-refractivity contribution in [2.75, 3.05) is 19.6 Å². The summed E-state index contributed by atoms with van der Waals surface area (Å²) >= 11 is 0. The Hall–Kier alpha value is -2.11. The number of aromatic amines is 1. The molecule has 1 aromatic rings. The van der Waals surface area contributed by atoms with E-state index in [0.717, 1.165) is 44.3 Å². The van der Waals surface area contributed by atoms with Crippen molar-refractivity contribution in [3.63, 3.8) is 0 Å². The number of likely N-dealkylation sites (tertiary alicyclic amines) is 2. The van der Waals surface area contributed by atoms with Crippen LogP contribution in [0.4, 0.5) is 0 Å². The van der Waals surface area contributed by atoms with Crippen LogP contribution in [-0.2, 0) is 4.79 Å². The third-order valence-corrected chi connectivity index (χ3v) is 6.70. The normalized spacial score (nSPS) is 26.8. The number of nitrogens with zero attached hydrogens (tertiary/aromatic N) is 2. The van der Waals surface area contributed by atoms with Crippen LogP contribution in [0.5, 0.6) is 0 Å². The monoisotopic (exact) mass is 371 g/mol. The number of hydrogen-bond donors (Lipinski definition) is 1. The zero-order valence-electron chi connectivity index (χ0n) is 16.1. The Morgan fingerprint density at radius 2 is 1.93 bits per heavy atom. The first kappa shape index (κ1) is 18.3. The Morgan fingerprint density at radius 1 is 1.15 bits per heavy atom. The molecule has 27 heavy (non-hydrogen) atoms. The van der Waals surface area contributed by atoms with Crippen LogP contribution in [0.3, 0.4) is 0 Å². The maximum Gasteiger partial charge on any atom is 0.259 e. The highest BCUT2D eigenvalue weighted by Gasteiger charge is 2.44. The number of carbonyl (C=O) groups is 2. The van der Waals surface area contributed by atoms with Crippen LogP contribution in [0.1, 0.15) is 67.4 Å². The van der Waals surface area contributed by atoms with Gasteiger partial charge in [0.25, 0.3) is 5.91 Å². The van der Waals surface area contributed by atoms with Crippen molar-refractivity contribution >= 4 is 11.8 Å². The SMILES string of the molecule is Cc1cc(=O)c(C(=O)N2CCC[C@]3(CCC(=O)N(C4CCCC4)C3)C2)c[nH]1. The molecule has 0 unspecified atom stereocenters. The van der Waals surface area contributed by atoms with Crippen molar-refractivity contribution in [3.05, 3.63) is 33.7 Å². The number of hydrogen-bond acceptors (Lipinski definition) is 3. The first-order chi connectivity index (χ1) is 13.0. The predicted molar refractivity (Wildman–Crippen MR) is 103 cm³/mol. The van der Waals surface area contributed by atoms with E-state index >= 15 is 0 Å². The largest absolute Gasteiger partial charge is 0.364 e. The Kier molecular flexibility index (Phi) is 4.82. The summed E-state index contributed by atoms with van der Waals surface area (Å²) < 4.78 is 0. The lowest BCUT2D eigenvalue weighted by atomic mass is 9.73. The summed E-state index contributed by atoms with van der Waals surface area (Å²) in [7, 11) is 0. The summed E-state index contributed by atoms with van der Waals surface area (Å²) in [6.45, 7) is 3.91. The van der Waals surface area contributed by atoms with E-state index in [-0.39, 0.29) is 28.2 Å². The zero-order chi connectivity index (χ0) is 19.0. The molecule has 0 aromatic carbocycles. The van der Waals surface area contributed by atoms with Crippen LogP contribution in [0.2, 0.25) is 0 Å². The van der Waals surface area contributed by atoms with E-state index in [2.05, 4.69) is 9.88 Å². The molecule has 1 spiro atoms. The van der Waals surface area contributed by atoms with Crippen molar-refractivity contribution in [2.45, 2.75) is 64.3 Å². The average Bonchev–Trinajstić information content (AvgIpc) is 3.18. The molecule has 0 radical (unpaired) electrons. The maximum atomic E-state index is 13.0. The predicted octanol–water partition coefficient (Wildman–Crippen LogP) is 2.47. The minimum atomic E-state index is -0.220. The fourth-order valence-electron chi connectivity index (χ4n) is 5.22. The van der Waals surface area contributed by atoms with Crippen LogP contribution in [-0.4, -0.2) is 52.3 Å². The molecule has 0 bridgehead atoms. The summed E-state index contributed by atoms with van der Waals surface area (Å²) in [6.07, 6.45) is 9.61. The Morgan fingerprint density at radius 3 is 2.67 bits per heavy atom. The molecule has 1 aromatic heterocycles. The van der Waals surface area contributed by atoms with E-state index in [4.69, 9.17) is 0 Å². The Balaban J connectivity index is 1.52. The molecule has 6 heteroatoms. The van der Waals surface area contributed by atoms with Gasteiger partial charge in [0.2, 0.25) is 5.91 Å². The smallest absolute Gasteiger partial charge is 0.259 e. The summed E-state index contributed by atoms with van der Waals surface area (Å²) in [5.74, 6) is 0.102. The van der Waals surface area contributed by atoms with Crippen molar-refractivity contribution in [2.24, 2.45) is 5.41 Å². The lowest BCUT2D eigenvalue weighted by Crippen LogP contribution is -2.57. The van der Waals surface area contributed by atoms with Gasteiger partial charge in [0.05, 0.1) is 0 Å². The van der Waals surface area contributed by atoms with Crippen LogP contribution >= 0.6 is 0 Å². The molecule has 4 rings (SSSR count). The first-order valence-corrected chi connectivity index (χ1v) is 10.3. The molecule has 2 saturated heterocycles. The second-order valence-corrected chi connectivity index (χ2v) is 8.68. The van der Waals surface area contributed by atoms with Gasteiger partial charge in [-0.1, -0.05) is 12.8 Å². The quantitative estimate of drug-likeness (QED) is 0.868. The van der Waals surface area contributed by atoms with Crippen molar-refractivity contribution in [1.29, 1.82) is 0 Å². The third kappa shape index (κ3) is 3.54. The highest BCUT2D eigenvalue weighted by molar-refractivity contribution is 5.94. The second-order valence-electron chi connectivity index (χ2n) is 8.68. The standard InChI is InChI=1S/C21H29N3O3/c1-15-11-18(25)17(12-22-15)20(27)23-10-4-8-21(13-23)9-7-19(26)24(14-21)16-5-2-3-6-16/h11-12,16H,2-10,13-14H2,1H3,(H,22,25)/t21-/m0/s1. The van der Waals surface area contributed by atoms with Gasteiger partial charge in [0, 0.05) is 55.5 Å². The molecule has 1 saturated carbocycles. The van der Waals surface area contributed by atoms with Crippen LogP contribution in [0.25, 0.3) is 0 Å². The van der Waals surface area contributed by atoms with Crippen LogP contribution in [0, 0.1) is 12.3 Å². The van der Waals surface area contributed by atoms with Gasteiger partial charge in [-0.25, -0.2) is 0 Å². The fraction of sp³-hybridized carbons (Fsp3) is 0.667. The second kappa shape index (κ2) is 7.13. The van der Waals surface area contributed by atoms with Gasteiger partial charge in [-0.3, -0.25) is 14.4 Å². The maximum absolute atomic E-state index is 13.0. The molecule has 146 valence electrons. The van der Waals surface area contributed by atoms with E-state index in [1.807, 2.05) is 11.8 Å². The molecular weight excluding hydrogens is 342 g/mol. The first-order valence-electron chi connectivity index (χ1n) is 10.3. The molecule has 2 aliphatic heterocycles. The summed E-state index contributed by atoms with van der Waals surface area (Å²) in [5.41, 5.74) is 0.742. The van der Waals surface area contributed by atoms with E-state index in [0.29, 0.717) is 25.6 Å². The Bertz CT molecular complexity index is 796. The van der Waals surface area contributed by atoms with Crippen molar-refractivity contribution in [3.8, 4) is 0 Å². The fourth-order valence-corrected chi connectivity index (χ4v) is 5.22. The van der Waals surface area contributed by atoms with Crippen molar-refractivity contribution < 1.29 is 9.59 Å². The van der Waals surface area contributed by atoms with Gasteiger partial charge in [-0.2, -0.15) is 0 Å². The molecule has 6 nitrogen and oxygen atoms in total. The van der Waals surface area contributed by atoms with Gasteiger partial charge in [0.1, 0.15) is 5.56 Å². The number of nitrogens with one attached hydrogen (secondary N) is 1. The number of piperidine rings is 2. The molecule has 3 aliphatic rings.